The summed E-state index contributed by atoms with van der Waals surface area (Å²) in [7, 11) is 0. The summed E-state index contributed by atoms with van der Waals surface area (Å²) in [4.78, 5) is 23.3. The maximum Gasteiger partial charge on any atom is 0.407 e. The Morgan fingerprint density at radius 1 is 1.37 bits per heavy atom. The minimum absolute atomic E-state index is 0.174. The smallest absolute Gasteiger partial charge is 0.407 e. The van der Waals surface area contributed by atoms with Gasteiger partial charge in [0.05, 0.1) is 6.54 Å². The second kappa shape index (κ2) is 5.85. The van der Waals surface area contributed by atoms with Crippen LogP contribution in [0, 0.1) is 0 Å². The van der Waals surface area contributed by atoms with E-state index in [1.54, 1.807) is 6.07 Å². The molecule has 0 fully saturated rings. The van der Waals surface area contributed by atoms with Gasteiger partial charge in [-0.05, 0) is 12.1 Å². The van der Waals surface area contributed by atoms with Crippen LogP contribution in [0.3, 0.4) is 0 Å². The maximum absolute atomic E-state index is 11.2. The van der Waals surface area contributed by atoms with Gasteiger partial charge in [0.1, 0.15) is 11.5 Å². The molecule has 0 atom stereocenters. The van der Waals surface area contributed by atoms with E-state index in [0.29, 0.717) is 11.4 Å². The summed E-state index contributed by atoms with van der Waals surface area (Å²) in [5, 5.41) is 11.5. The molecule has 0 aliphatic rings. The molecule has 0 bridgehead atoms. The van der Waals surface area contributed by atoms with Crippen LogP contribution in [0.25, 0.3) is 9.40 Å². The largest absolute Gasteiger partial charge is 0.477 e. The molecule has 0 aliphatic heterocycles. The number of carbonyl (C=O) groups is 2. The van der Waals surface area contributed by atoms with Crippen LogP contribution in [0.1, 0.15) is 14.5 Å². The molecule has 2 N–H and O–H groups in total. The number of rotatable bonds is 5. The van der Waals surface area contributed by atoms with Crippen molar-refractivity contribution in [2.45, 2.75) is 6.54 Å². The average Bonchev–Trinajstić information content (AvgIpc) is 2.91. The molecular weight excluding hydrogens is 286 g/mol. The summed E-state index contributed by atoms with van der Waals surface area (Å²) < 4.78 is 6.61. The molecule has 5 nitrogen and oxygen atoms in total. The number of alkyl carbamates (subject to hydrolysis) is 1. The van der Waals surface area contributed by atoms with Gasteiger partial charge >= 0.3 is 12.1 Å². The Labute approximate surface area is 117 Å². The number of nitrogens with one attached hydrogen (secondary N) is 1. The van der Waals surface area contributed by atoms with E-state index in [1.807, 2.05) is 6.07 Å². The molecule has 1 amide bonds. The SMILES string of the molecule is C=CCOC(=O)NCc1cc2sc(C(=O)O)cc2s1. The van der Waals surface area contributed by atoms with Gasteiger partial charge in [-0.2, -0.15) is 0 Å². The molecule has 19 heavy (non-hydrogen) atoms. The summed E-state index contributed by atoms with van der Waals surface area (Å²) in [5.74, 6) is -0.916. The van der Waals surface area contributed by atoms with Crippen LogP contribution in [-0.4, -0.2) is 23.8 Å². The van der Waals surface area contributed by atoms with Crippen LogP contribution in [0.15, 0.2) is 24.8 Å². The van der Waals surface area contributed by atoms with Gasteiger partial charge in [-0.15, -0.1) is 22.7 Å². The third-order valence-electron chi connectivity index (χ3n) is 2.21. The average molecular weight is 297 g/mol. The van der Waals surface area contributed by atoms with Crippen molar-refractivity contribution in [2.75, 3.05) is 6.61 Å². The Kier molecular flexibility index (Phi) is 4.18. The Balaban J connectivity index is 1.98. The normalized spacial score (nSPS) is 10.3. The third-order valence-corrected chi connectivity index (χ3v) is 4.49. The lowest BCUT2D eigenvalue weighted by Gasteiger charge is -2.02. The topological polar surface area (TPSA) is 75.6 Å². The molecule has 0 unspecified atom stereocenters. The third kappa shape index (κ3) is 3.33. The van der Waals surface area contributed by atoms with Gasteiger partial charge in [0.2, 0.25) is 0 Å². The molecule has 2 heterocycles. The molecule has 0 radical (unpaired) electrons. The second-order valence-corrected chi connectivity index (χ2v) is 5.85. The van der Waals surface area contributed by atoms with Crippen molar-refractivity contribution in [2.24, 2.45) is 0 Å². The highest BCUT2D eigenvalue weighted by Gasteiger charge is 2.11. The van der Waals surface area contributed by atoms with Crippen molar-refractivity contribution >= 4 is 44.1 Å². The maximum atomic E-state index is 11.2. The molecule has 0 aromatic carbocycles. The molecule has 0 aliphatic carbocycles. The number of carbonyl (C=O) groups excluding carboxylic acids is 1. The Morgan fingerprint density at radius 3 is 2.74 bits per heavy atom. The van der Waals surface area contributed by atoms with Gasteiger partial charge in [-0.25, -0.2) is 9.59 Å². The Hall–Kier alpha value is -1.86. The van der Waals surface area contributed by atoms with Gasteiger partial charge < -0.3 is 15.2 Å². The van der Waals surface area contributed by atoms with Crippen LogP contribution in [0.4, 0.5) is 4.79 Å². The zero-order valence-corrected chi connectivity index (χ0v) is 11.5. The van der Waals surface area contributed by atoms with E-state index >= 15 is 0 Å². The summed E-state index contributed by atoms with van der Waals surface area (Å²) in [6.45, 7) is 3.99. The molecular formula is C12H11NO4S2. The van der Waals surface area contributed by atoms with Gasteiger partial charge in [0, 0.05) is 14.3 Å². The molecule has 100 valence electrons. The molecule has 0 saturated carbocycles. The van der Waals surface area contributed by atoms with Gasteiger partial charge in [-0.3, -0.25) is 0 Å². The van der Waals surface area contributed by atoms with Crippen molar-refractivity contribution in [1.29, 1.82) is 0 Å². The van der Waals surface area contributed by atoms with E-state index < -0.39 is 12.1 Å². The highest BCUT2D eigenvalue weighted by molar-refractivity contribution is 7.28. The van der Waals surface area contributed by atoms with Crippen LogP contribution in [-0.2, 0) is 11.3 Å². The minimum Gasteiger partial charge on any atom is -0.477 e. The molecule has 2 aromatic heterocycles. The predicted molar refractivity (Wildman–Crippen MR) is 75.0 cm³/mol. The van der Waals surface area contributed by atoms with E-state index in [1.165, 1.54) is 28.7 Å². The van der Waals surface area contributed by atoms with Gasteiger partial charge in [0.25, 0.3) is 0 Å². The van der Waals surface area contributed by atoms with Crippen LogP contribution < -0.4 is 5.32 Å². The summed E-state index contributed by atoms with van der Waals surface area (Å²) in [6, 6.07) is 3.53. The lowest BCUT2D eigenvalue weighted by Crippen LogP contribution is -2.23. The first-order valence-electron chi connectivity index (χ1n) is 5.37. The van der Waals surface area contributed by atoms with Gasteiger partial charge in [0.15, 0.2) is 0 Å². The van der Waals surface area contributed by atoms with Crippen molar-refractivity contribution in [3.63, 3.8) is 0 Å². The number of fused-ring (bicyclic) bond motifs is 1. The fourth-order valence-corrected chi connectivity index (χ4v) is 3.62. The number of carboxylic acids is 1. The van der Waals surface area contributed by atoms with Crippen LogP contribution in [0.5, 0.6) is 0 Å². The zero-order valence-electron chi connectivity index (χ0n) is 9.84. The molecule has 7 heteroatoms. The predicted octanol–water partition coefficient (Wildman–Crippen LogP) is 3.07. The van der Waals surface area contributed by atoms with Crippen LogP contribution in [0.2, 0.25) is 0 Å². The van der Waals surface area contributed by atoms with E-state index in [2.05, 4.69) is 11.9 Å². The number of thiophene rings is 2. The molecule has 0 saturated heterocycles. The van der Waals surface area contributed by atoms with E-state index in [4.69, 9.17) is 9.84 Å². The molecule has 2 rings (SSSR count). The highest BCUT2D eigenvalue weighted by atomic mass is 32.1. The summed E-state index contributed by atoms with van der Waals surface area (Å²) in [6.07, 6.45) is 0.997. The quantitative estimate of drug-likeness (QED) is 0.832. The Bertz CT molecular complexity index is 597. The first-order valence-corrected chi connectivity index (χ1v) is 7.00. The van der Waals surface area contributed by atoms with E-state index in [9.17, 15) is 9.59 Å². The first-order chi connectivity index (χ1) is 9.10. The van der Waals surface area contributed by atoms with Crippen molar-refractivity contribution in [3.8, 4) is 0 Å². The number of hydrogen-bond acceptors (Lipinski definition) is 5. The highest BCUT2D eigenvalue weighted by Crippen LogP contribution is 2.33. The Morgan fingerprint density at radius 2 is 2.11 bits per heavy atom. The molecule has 0 spiro atoms. The van der Waals surface area contributed by atoms with Crippen molar-refractivity contribution in [3.05, 3.63) is 34.5 Å². The van der Waals surface area contributed by atoms with Gasteiger partial charge in [-0.1, -0.05) is 12.7 Å². The number of carboxylic acid groups (broad SMARTS) is 1. The lowest BCUT2D eigenvalue weighted by atomic mass is 10.4. The summed E-state index contributed by atoms with van der Waals surface area (Å²) >= 11 is 2.69. The monoisotopic (exact) mass is 297 g/mol. The summed E-state index contributed by atoms with van der Waals surface area (Å²) in [5.41, 5.74) is 0. The fourth-order valence-electron chi connectivity index (χ4n) is 1.42. The minimum atomic E-state index is -0.916. The first kappa shape index (κ1) is 13.6. The van der Waals surface area contributed by atoms with E-state index in [-0.39, 0.29) is 6.61 Å². The van der Waals surface area contributed by atoms with Crippen molar-refractivity contribution < 1.29 is 19.4 Å². The number of ether oxygens (including phenoxy) is 1. The zero-order chi connectivity index (χ0) is 13.8. The number of aromatic carboxylic acids is 1. The van der Waals surface area contributed by atoms with Crippen LogP contribution >= 0.6 is 22.7 Å². The lowest BCUT2D eigenvalue weighted by molar-refractivity contribution is 0.0702. The van der Waals surface area contributed by atoms with Crippen molar-refractivity contribution in [1.82, 2.24) is 5.32 Å². The second-order valence-electron chi connectivity index (χ2n) is 3.60. The molecule has 2 aromatic rings. The number of amides is 1. The van der Waals surface area contributed by atoms with E-state index in [0.717, 1.165) is 14.3 Å². The number of hydrogen-bond donors (Lipinski definition) is 2. The standard InChI is InChI=1S/C12H11NO4S2/c1-2-3-17-12(16)13-6-7-4-8-9(18-7)5-10(19-8)11(14)15/h2,4-5H,1,3,6H2,(H,13,16)(H,14,15). The fraction of sp³-hybridized carbons (Fsp3) is 0.167.